The first-order chi connectivity index (χ1) is 15.0. The van der Waals surface area contributed by atoms with Gasteiger partial charge in [0.05, 0.1) is 12.7 Å². The Kier molecular flexibility index (Phi) is 6.42. The predicted molar refractivity (Wildman–Crippen MR) is 122 cm³/mol. The van der Waals surface area contributed by atoms with Gasteiger partial charge >= 0.3 is 5.97 Å². The van der Waals surface area contributed by atoms with Gasteiger partial charge in [0.1, 0.15) is 0 Å². The summed E-state index contributed by atoms with van der Waals surface area (Å²) < 4.78 is 4.71. The maximum absolute atomic E-state index is 12.8. The molecule has 31 heavy (non-hydrogen) atoms. The highest BCUT2D eigenvalue weighted by Gasteiger charge is 2.23. The molecule has 2 aliphatic heterocycles. The van der Waals surface area contributed by atoms with Crippen LogP contribution in [0.5, 0.6) is 0 Å². The molecular weight excluding hydrogens is 392 g/mol. The van der Waals surface area contributed by atoms with Crippen molar-refractivity contribution in [1.29, 1.82) is 0 Å². The van der Waals surface area contributed by atoms with Crippen LogP contribution in [0.1, 0.15) is 20.7 Å². The van der Waals surface area contributed by atoms with E-state index in [-0.39, 0.29) is 5.91 Å². The van der Waals surface area contributed by atoms with Crippen LogP contribution < -0.4 is 9.80 Å². The molecule has 0 N–H and O–H groups in total. The number of anilines is 2. The number of likely N-dealkylation sites (N-methyl/N-ethyl adjacent to an activating group) is 1. The third-order valence-electron chi connectivity index (χ3n) is 6.20. The summed E-state index contributed by atoms with van der Waals surface area (Å²) in [5, 5.41) is 0. The second-order valence-corrected chi connectivity index (χ2v) is 8.15. The number of benzene rings is 2. The molecule has 1 amide bonds. The van der Waals surface area contributed by atoms with Gasteiger partial charge in [0.2, 0.25) is 0 Å². The Morgan fingerprint density at radius 1 is 0.677 bits per heavy atom. The van der Waals surface area contributed by atoms with Crippen LogP contribution in [-0.2, 0) is 4.74 Å². The Morgan fingerprint density at radius 3 is 1.61 bits per heavy atom. The minimum absolute atomic E-state index is 0.00137. The maximum Gasteiger partial charge on any atom is 0.337 e. The lowest BCUT2D eigenvalue weighted by Gasteiger charge is -2.37. The van der Waals surface area contributed by atoms with Crippen LogP contribution >= 0.6 is 0 Å². The molecule has 7 heteroatoms. The summed E-state index contributed by atoms with van der Waals surface area (Å²) >= 11 is 0. The molecule has 2 aliphatic rings. The lowest BCUT2D eigenvalue weighted by atomic mass is 10.1. The fraction of sp³-hybridized carbons (Fsp3) is 0.417. The summed E-state index contributed by atoms with van der Waals surface area (Å²) in [6.45, 7) is 7.30. The van der Waals surface area contributed by atoms with Gasteiger partial charge in [0.25, 0.3) is 5.91 Å². The second kappa shape index (κ2) is 9.39. The molecule has 0 aromatic heterocycles. The highest BCUT2D eigenvalue weighted by molar-refractivity contribution is 5.96. The molecule has 0 atom stereocenters. The van der Waals surface area contributed by atoms with Crippen molar-refractivity contribution in [2.24, 2.45) is 0 Å². The number of nitrogens with zero attached hydrogens (tertiary/aromatic N) is 4. The van der Waals surface area contributed by atoms with Gasteiger partial charge in [-0.25, -0.2) is 4.79 Å². The van der Waals surface area contributed by atoms with E-state index in [9.17, 15) is 9.59 Å². The largest absolute Gasteiger partial charge is 0.465 e. The van der Waals surface area contributed by atoms with E-state index in [4.69, 9.17) is 4.74 Å². The van der Waals surface area contributed by atoms with Crippen molar-refractivity contribution in [3.05, 3.63) is 59.7 Å². The quantitative estimate of drug-likeness (QED) is 0.704. The van der Waals surface area contributed by atoms with Crippen molar-refractivity contribution in [2.75, 3.05) is 76.3 Å². The first-order valence-corrected chi connectivity index (χ1v) is 10.8. The molecule has 164 valence electrons. The average Bonchev–Trinajstić information content (AvgIpc) is 2.84. The molecule has 2 heterocycles. The third-order valence-corrected chi connectivity index (χ3v) is 6.20. The third kappa shape index (κ3) is 4.82. The number of hydrogen-bond acceptors (Lipinski definition) is 6. The molecule has 0 aliphatic carbocycles. The number of rotatable bonds is 4. The van der Waals surface area contributed by atoms with Crippen molar-refractivity contribution < 1.29 is 14.3 Å². The van der Waals surface area contributed by atoms with E-state index in [1.54, 1.807) is 24.3 Å². The molecule has 2 fully saturated rings. The van der Waals surface area contributed by atoms with E-state index < -0.39 is 5.97 Å². The maximum atomic E-state index is 12.8. The van der Waals surface area contributed by atoms with Crippen LogP contribution in [0.15, 0.2) is 48.5 Å². The molecule has 4 rings (SSSR count). The molecular formula is C24H30N4O3. The molecule has 0 radical (unpaired) electrons. The van der Waals surface area contributed by atoms with Crippen LogP contribution in [-0.4, -0.2) is 88.2 Å². The first kappa shape index (κ1) is 21.2. The molecule has 7 nitrogen and oxygen atoms in total. The van der Waals surface area contributed by atoms with Gasteiger partial charge in [-0.05, 0) is 55.6 Å². The van der Waals surface area contributed by atoms with Gasteiger partial charge in [0, 0.05) is 69.3 Å². The van der Waals surface area contributed by atoms with Crippen LogP contribution in [0.25, 0.3) is 0 Å². The Morgan fingerprint density at radius 2 is 1.13 bits per heavy atom. The van der Waals surface area contributed by atoms with Gasteiger partial charge in [0.15, 0.2) is 0 Å². The smallest absolute Gasteiger partial charge is 0.337 e. The predicted octanol–water partition coefficient (Wildman–Crippen LogP) is 2.19. The molecule has 2 saturated heterocycles. The van der Waals surface area contributed by atoms with E-state index >= 15 is 0 Å². The number of amides is 1. The Balaban J connectivity index is 1.32. The lowest BCUT2D eigenvalue weighted by molar-refractivity contribution is 0.0599. The Labute approximate surface area is 183 Å². The van der Waals surface area contributed by atoms with Crippen LogP contribution in [0.3, 0.4) is 0 Å². The minimum Gasteiger partial charge on any atom is -0.465 e. The highest BCUT2D eigenvalue weighted by atomic mass is 16.5. The van der Waals surface area contributed by atoms with Gasteiger partial charge in [-0.3, -0.25) is 4.79 Å². The number of hydrogen-bond donors (Lipinski definition) is 0. The number of ether oxygens (including phenoxy) is 1. The van der Waals surface area contributed by atoms with Crippen molar-refractivity contribution in [2.45, 2.75) is 0 Å². The normalized spacial score (nSPS) is 17.5. The summed E-state index contributed by atoms with van der Waals surface area (Å²) in [4.78, 5) is 33.4. The Hall–Kier alpha value is -3.06. The molecule has 0 unspecified atom stereocenters. The van der Waals surface area contributed by atoms with Gasteiger partial charge in [-0.1, -0.05) is 0 Å². The molecule has 2 aromatic rings. The average molecular weight is 423 g/mol. The second-order valence-electron chi connectivity index (χ2n) is 8.15. The van der Waals surface area contributed by atoms with E-state index in [1.165, 1.54) is 18.5 Å². The topological polar surface area (TPSA) is 56.3 Å². The summed E-state index contributed by atoms with van der Waals surface area (Å²) in [6.07, 6.45) is 0. The molecule has 0 saturated carbocycles. The van der Waals surface area contributed by atoms with E-state index in [2.05, 4.69) is 46.0 Å². The van der Waals surface area contributed by atoms with E-state index in [0.29, 0.717) is 24.2 Å². The summed E-state index contributed by atoms with van der Waals surface area (Å²) in [6, 6.07) is 15.5. The molecule has 0 bridgehead atoms. The van der Waals surface area contributed by atoms with Crippen molar-refractivity contribution >= 4 is 23.3 Å². The van der Waals surface area contributed by atoms with Gasteiger partial charge in [-0.2, -0.15) is 0 Å². The zero-order valence-corrected chi connectivity index (χ0v) is 18.3. The molecule has 2 aromatic carbocycles. The zero-order chi connectivity index (χ0) is 21.8. The summed E-state index contributed by atoms with van der Waals surface area (Å²) in [5.74, 6) is -0.396. The summed E-state index contributed by atoms with van der Waals surface area (Å²) in [5.41, 5.74) is 3.52. The number of carbonyl (C=O) groups is 2. The number of methoxy groups -OCH3 is 1. The minimum atomic E-state index is -0.397. The SMILES string of the molecule is COC(=O)c1ccc(C(=O)N2CCN(c3ccc(N4CCN(C)CC4)cc3)CC2)cc1. The van der Waals surface area contributed by atoms with Gasteiger partial charge in [-0.15, -0.1) is 0 Å². The standard InChI is InChI=1S/C24H30N4O3/c1-25-11-13-26(14-12-25)21-7-9-22(10-8-21)27-15-17-28(18-16-27)23(29)19-3-5-20(6-4-19)24(30)31-2/h3-10H,11-18H2,1-2H3. The monoisotopic (exact) mass is 422 g/mol. The fourth-order valence-electron chi connectivity index (χ4n) is 4.16. The summed E-state index contributed by atoms with van der Waals surface area (Å²) in [7, 11) is 3.52. The lowest BCUT2D eigenvalue weighted by Crippen LogP contribution is -2.48. The van der Waals surface area contributed by atoms with Crippen LogP contribution in [0.2, 0.25) is 0 Å². The van der Waals surface area contributed by atoms with E-state index in [0.717, 1.165) is 39.3 Å². The van der Waals surface area contributed by atoms with Crippen LogP contribution in [0.4, 0.5) is 11.4 Å². The Bertz CT molecular complexity index is 897. The number of piperazine rings is 2. The van der Waals surface area contributed by atoms with Crippen molar-refractivity contribution in [1.82, 2.24) is 9.80 Å². The van der Waals surface area contributed by atoms with Crippen molar-refractivity contribution in [3.63, 3.8) is 0 Å². The van der Waals surface area contributed by atoms with Crippen molar-refractivity contribution in [3.8, 4) is 0 Å². The first-order valence-electron chi connectivity index (χ1n) is 10.8. The van der Waals surface area contributed by atoms with Crippen LogP contribution in [0, 0.1) is 0 Å². The number of esters is 1. The van der Waals surface area contributed by atoms with Gasteiger partial charge < -0.3 is 24.3 Å². The molecule has 0 spiro atoms. The highest BCUT2D eigenvalue weighted by Crippen LogP contribution is 2.23. The zero-order valence-electron chi connectivity index (χ0n) is 18.3. The number of carbonyl (C=O) groups excluding carboxylic acids is 2. The fourth-order valence-corrected chi connectivity index (χ4v) is 4.16. The van der Waals surface area contributed by atoms with E-state index in [1.807, 2.05) is 4.90 Å².